The predicted octanol–water partition coefficient (Wildman–Crippen LogP) is 5.32. The molecule has 5 aromatic rings. The van der Waals surface area contributed by atoms with Gasteiger partial charge in [-0.05, 0) is 53.1 Å². The van der Waals surface area contributed by atoms with E-state index in [2.05, 4.69) is 38.0 Å². The minimum atomic E-state index is 0.0300. The van der Waals surface area contributed by atoms with Gasteiger partial charge in [0.05, 0.1) is 28.9 Å². The number of benzene rings is 3. The molecule has 1 fully saturated rings. The first-order chi connectivity index (χ1) is 19.2. The van der Waals surface area contributed by atoms with Crippen molar-refractivity contribution in [2.24, 2.45) is 0 Å². The van der Waals surface area contributed by atoms with Gasteiger partial charge in [0.25, 0.3) is 0 Å². The van der Waals surface area contributed by atoms with Gasteiger partial charge in [-0.15, -0.1) is 0 Å². The van der Waals surface area contributed by atoms with E-state index < -0.39 is 0 Å². The standard InChI is InChI=1S/C32H26N6O/c33-21-24-3-7-26(8-4-24)31(39)19-23-1-5-25(6-2-23)27-9-10-29-30(20-27)36-32(22-35-29)38-17-15-37(16-18-38)28-11-13-34-14-12-28/h1-14,20,22H,15-19H2. The smallest absolute Gasteiger partial charge is 0.167 e. The van der Waals surface area contributed by atoms with Crippen LogP contribution in [0.2, 0.25) is 0 Å². The Morgan fingerprint density at radius 1 is 0.795 bits per heavy atom. The number of nitrogens with zero attached hydrogens (tertiary/aromatic N) is 6. The Balaban J connectivity index is 1.15. The molecular formula is C32H26N6O. The van der Waals surface area contributed by atoms with Crippen LogP contribution in [0, 0.1) is 11.3 Å². The molecule has 190 valence electrons. The summed E-state index contributed by atoms with van der Waals surface area (Å²) in [5, 5.41) is 8.95. The summed E-state index contributed by atoms with van der Waals surface area (Å²) in [5.74, 6) is 0.924. The van der Waals surface area contributed by atoms with E-state index in [4.69, 9.17) is 10.2 Å². The van der Waals surface area contributed by atoms with Gasteiger partial charge in [-0.2, -0.15) is 5.26 Å². The zero-order valence-corrected chi connectivity index (χ0v) is 21.4. The number of hydrogen-bond donors (Lipinski definition) is 0. The molecule has 0 bridgehead atoms. The number of aromatic nitrogens is 3. The summed E-state index contributed by atoms with van der Waals surface area (Å²) in [6.07, 6.45) is 5.84. The van der Waals surface area contributed by atoms with Crippen LogP contribution in [-0.2, 0) is 6.42 Å². The largest absolute Gasteiger partial charge is 0.368 e. The molecule has 1 saturated heterocycles. The van der Waals surface area contributed by atoms with Crippen molar-refractivity contribution in [3.63, 3.8) is 0 Å². The van der Waals surface area contributed by atoms with Crippen molar-refractivity contribution in [3.05, 3.63) is 114 Å². The topological polar surface area (TPSA) is 86.0 Å². The van der Waals surface area contributed by atoms with E-state index in [1.807, 2.05) is 61.1 Å². The fourth-order valence-corrected chi connectivity index (χ4v) is 4.92. The highest BCUT2D eigenvalue weighted by atomic mass is 16.1. The number of carbonyl (C=O) groups excluding carboxylic acids is 1. The molecular weight excluding hydrogens is 484 g/mol. The zero-order chi connectivity index (χ0) is 26.6. The Labute approximate surface area is 227 Å². The van der Waals surface area contributed by atoms with Gasteiger partial charge in [-0.25, -0.2) is 4.98 Å². The predicted molar refractivity (Wildman–Crippen MR) is 153 cm³/mol. The van der Waals surface area contributed by atoms with Crippen molar-refractivity contribution in [1.82, 2.24) is 15.0 Å². The minimum Gasteiger partial charge on any atom is -0.368 e. The van der Waals surface area contributed by atoms with Gasteiger partial charge in [0.2, 0.25) is 0 Å². The molecule has 0 N–H and O–H groups in total. The summed E-state index contributed by atoms with van der Waals surface area (Å²) in [6.45, 7) is 3.60. The monoisotopic (exact) mass is 510 g/mol. The van der Waals surface area contributed by atoms with E-state index in [-0.39, 0.29) is 5.78 Å². The summed E-state index contributed by atoms with van der Waals surface area (Å²) >= 11 is 0. The second-order valence-electron chi connectivity index (χ2n) is 9.60. The molecule has 0 saturated carbocycles. The van der Waals surface area contributed by atoms with Crippen LogP contribution in [0.3, 0.4) is 0 Å². The number of rotatable bonds is 6. The van der Waals surface area contributed by atoms with Crippen LogP contribution < -0.4 is 9.80 Å². The van der Waals surface area contributed by atoms with E-state index >= 15 is 0 Å². The van der Waals surface area contributed by atoms with Crippen LogP contribution in [0.25, 0.3) is 22.2 Å². The highest BCUT2D eigenvalue weighted by molar-refractivity contribution is 5.97. The van der Waals surface area contributed by atoms with Gasteiger partial charge < -0.3 is 9.80 Å². The van der Waals surface area contributed by atoms with Crippen LogP contribution in [0.15, 0.2) is 97.5 Å². The molecule has 3 heterocycles. The SMILES string of the molecule is N#Cc1ccc(C(=O)Cc2ccc(-c3ccc4ncc(N5CCN(c6ccncc6)CC5)nc4c3)cc2)cc1. The summed E-state index contributed by atoms with van der Waals surface area (Å²) in [5.41, 5.74) is 7.15. The summed E-state index contributed by atoms with van der Waals surface area (Å²) < 4.78 is 0. The molecule has 0 radical (unpaired) electrons. The van der Waals surface area contributed by atoms with E-state index in [0.29, 0.717) is 17.5 Å². The third-order valence-corrected chi connectivity index (χ3v) is 7.15. The van der Waals surface area contributed by atoms with Gasteiger partial charge in [0.1, 0.15) is 5.82 Å². The van der Waals surface area contributed by atoms with Crippen molar-refractivity contribution >= 4 is 28.3 Å². The summed E-state index contributed by atoms with van der Waals surface area (Å²) in [4.78, 5) is 31.1. The fourth-order valence-electron chi connectivity index (χ4n) is 4.92. The van der Waals surface area contributed by atoms with Gasteiger partial charge >= 0.3 is 0 Å². The molecule has 1 aliphatic rings. The number of pyridine rings is 1. The lowest BCUT2D eigenvalue weighted by atomic mass is 9.99. The highest BCUT2D eigenvalue weighted by Gasteiger charge is 2.19. The number of nitriles is 1. The Hall–Kier alpha value is -5.09. The molecule has 39 heavy (non-hydrogen) atoms. The van der Waals surface area contributed by atoms with Crippen LogP contribution in [0.1, 0.15) is 21.5 Å². The molecule has 2 aromatic heterocycles. The zero-order valence-electron chi connectivity index (χ0n) is 21.4. The van der Waals surface area contributed by atoms with Crippen LogP contribution in [0.4, 0.5) is 11.5 Å². The quantitative estimate of drug-likeness (QED) is 0.286. The van der Waals surface area contributed by atoms with Gasteiger partial charge in [0.15, 0.2) is 5.78 Å². The second-order valence-corrected chi connectivity index (χ2v) is 9.60. The lowest BCUT2D eigenvalue weighted by Gasteiger charge is -2.36. The third kappa shape index (κ3) is 5.32. The van der Waals surface area contributed by atoms with E-state index in [1.165, 1.54) is 5.69 Å². The highest BCUT2D eigenvalue weighted by Crippen LogP contribution is 2.26. The molecule has 6 rings (SSSR count). The van der Waals surface area contributed by atoms with Gasteiger partial charge in [-0.3, -0.25) is 14.8 Å². The van der Waals surface area contributed by atoms with Gasteiger partial charge in [-0.1, -0.05) is 42.5 Å². The van der Waals surface area contributed by atoms with Crippen LogP contribution in [-0.4, -0.2) is 46.9 Å². The Kier molecular flexibility index (Phi) is 6.67. The average molecular weight is 511 g/mol. The first-order valence-corrected chi connectivity index (χ1v) is 13.0. The van der Waals surface area contributed by atoms with Crippen LogP contribution >= 0.6 is 0 Å². The maximum atomic E-state index is 12.7. The van der Waals surface area contributed by atoms with E-state index in [1.54, 1.807) is 24.3 Å². The summed E-state index contributed by atoms with van der Waals surface area (Å²) in [6, 6.07) is 27.1. The molecule has 0 amide bonds. The van der Waals surface area contributed by atoms with Crippen molar-refractivity contribution in [3.8, 4) is 17.2 Å². The number of piperazine rings is 1. The Morgan fingerprint density at radius 3 is 2.21 bits per heavy atom. The maximum Gasteiger partial charge on any atom is 0.167 e. The molecule has 7 heteroatoms. The first-order valence-electron chi connectivity index (χ1n) is 13.0. The Morgan fingerprint density at radius 2 is 1.49 bits per heavy atom. The second kappa shape index (κ2) is 10.7. The molecule has 0 unspecified atom stereocenters. The van der Waals surface area contributed by atoms with E-state index in [9.17, 15) is 4.79 Å². The number of ketones is 1. The number of fused-ring (bicyclic) bond motifs is 1. The molecule has 7 nitrogen and oxygen atoms in total. The fraction of sp³-hybridized carbons (Fsp3) is 0.156. The molecule has 0 spiro atoms. The van der Waals surface area contributed by atoms with Crippen molar-refractivity contribution in [2.45, 2.75) is 6.42 Å². The van der Waals surface area contributed by atoms with E-state index in [0.717, 1.165) is 59.7 Å². The first kappa shape index (κ1) is 24.3. The van der Waals surface area contributed by atoms with Crippen molar-refractivity contribution < 1.29 is 4.79 Å². The lowest BCUT2D eigenvalue weighted by Crippen LogP contribution is -2.46. The third-order valence-electron chi connectivity index (χ3n) is 7.15. The molecule has 0 aliphatic carbocycles. The normalized spacial score (nSPS) is 13.3. The molecule has 0 atom stereocenters. The number of Topliss-reactive ketones (excluding diaryl/α,β-unsaturated/α-hetero) is 1. The maximum absolute atomic E-state index is 12.7. The minimum absolute atomic E-state index is 0.0300. The van der Waals surface area contributed by atoms with Gasteiger partial charge in [0, 0.05) is 56.2 Å². The summed E-state index contributed by atoms with van der Waals surface area (Å²) in [7, 11) is 0. The lowest BCUT2D eigenvalue weighted by molar-refractivity contribution is 0.0993. The molecule has 3 aromatic carbocycles. The number of hydrogen-bond acceptors (Lipinski definition) is 7. The Bertz CT molecular complexity index is 1650. The number of carbonyl (C=O) groups is 1. The van der Waals surface area contributed by atoms with Crippen LogP contribution in [0.5, 0.6) is 0 Å². The average Bonchev–Trinajstić information content (AvgIpc) is 3.01. The number of anilines is 2. The van der Waals surface area contributed by atoms with Crippen molar-refractivity contribution in [2.75, 3.05) is 36.0 Å². The van der Waals surface area contributed by atoms with Crippen molar-refractivity contribution in [1.29, 1.82) is 5.26 Å². The molecule has 1 aliphatic heterocycles.